The van der Waals surface area contributed by atoms with Crippen LogP contribution in [0.2, 0.25) is 0 Å². The van der Waals surface area contributed by atoms with Gasteiger partial charge in [0.25, 0.3) is 0 Å². The van der Waals surface area contributed by atoms with Crippen LogP contribution in [0.15, 0.2) is 54.7 Å². The number of carboxylic acids is 1. The third-order valence-corrected chi connectivity index (χ3v) is 5.71. The fourth-order valence-corrected chi connectivity index (χ4v) is 4.14. The van der Waals surface area contributed by atoms with Crippen molar-refractivity contribution in [1.29, 1.82) is 5.26 Å². The first-order valence-corrected chi connectivity index (χ1v) is 9.45. The van der Waals surface area contributed by atoms with Gasteiger partial charge in [-0.2, -0.15) is 10.4 Å². The lowest BCUT2D eigenvalue weighted by atomic mass is 10.0. The van der Waals surface area contributed by atoms with Gasteiger partial charge >= 0.3 is 5.97 Å². The largest absolute Gasteiger partial charge is 0.478 e. The van der Waals surface area contributed by atoms with Gasteiger partial charge in [-0.15, -0.1) is 11.8 Å². The van der Waals surface area contributed by atoms with Gasteiger partial charge < -0.3 is 10.4 Å². The van der Waals surface area contributed by atoms with E-state index in [1.54, 1.807) is 35.1 Å². The van der Waals surface area contributed by atoms with E-state index in [9.17, 15) is 9.59 Å². The summed E-state index contributed by atoms with van der Waals surface area (Å²) in [6.07, 6.45) is 1.71. The third-order valence-electron chi connectivity index (χ3n) is 4.42. The molecule has 0 radical (unpaired) electrons. The van der Waals surface area contributed by atoms with Crippen molar-refractivity contribution in [3.63, 3.8) is 0 Å². The first-order chi connectivity index (χ1) is 13.6. The summed E-state index contributed by atoms with van der Waals surface area (Å²) in [5, 5.41) is 25.3. The van der Waals surface area contributed by atoms with Crippen LogP contribution in [0.1, 0.15) is 32.3 Å². The van der Waals surface area contributed by atoms with E-state index in [0.29, 0.717) is 17.1 Å². The van der Waals surface area contributed by atoms with E-state index < -0.39 is 5.97 Å². The molecule has 1 atom stereocenters. The minimum Gasteiger partial charge on any atom is -0.478 e. The first-order valence-electron chi connectivity index (χ1n) is 8.40. The number of carbonyl (C=O) groups excluding carboxylic acids is 1. The SMILES string of the molecule is N#Cc1ccc(C2SCC(=O)Nc3c2cnn3-c2ccc(C(=O)O)cc2)cc1. The number of nitriles is 1. The van der Waals surface area contributed by atoms with Crippen molar-refractivity contribution < 1.29 is 14.7 Å². The molecular formula is C20H14N4O3S. The van der Waals surface area contributed by atoms with Gasteiger partial charge in [0.2, 0.25) is 5.91 Å². The predicted octanol–water partition coefficient (Wildman–Crippen LogP) is 3.22. The molecule has 0 fully saturated rings. The number of nitrogens with one attached hydrogen (secondary N) is 1. The Kier molecular flexibility index (Phi) is 4.59. The molecule has 1 amide bonds. The molecule has 7 nitrogen and oxygen atoms in total. The van der Waals surface area contributed by atoms with Gasteiger partial charge in [0.05, 0.1) is 40.1 Å². The third kappa shape index (κ3) is 3.23. The van der Waals surface area contributed by atoms with Crippen LogP contribution in [-0.2, 0) is 4.79 Å². The van der Waals surface area contributed by atoms with Gasteiger partial charge in [-0.25, -0.2) is 9.48 Å². The Labute approximate surface area is 164 Å². The van der Waals surface area contributed by atoms with Crippen LogP contribution in [0.4, 0.5) is 5.82 Å². The maximum absolute atomic E-state index is 12.3. The predicted molar refractivity (Wildman–Crippen MR) is 105 cm³/mol. The smallest absolute Gasteiger partial charge is 0.335 e. The van der Waals surface area contributed by atoms with Crippen LogP contribution in [0.3, 0.4) is 0 Å². The minimum absolute atomic E-state index is 0.117. The molecule has 0 saturated heterocycles. The van der Waals surface area contributed by atoms with Crippen LogP contribution in [0.5, 0.6) is 0 Å². The second kappa shape index (κ2) is 7.21. The summed E-state index contributed by atoms with van der Waals surface area (Å²) in [7, 11) is 0. The molecule has 0 spiro atoms. The van der Waals surface area contributed by atoms with E-state index in [-0.39, 0.29) is 22.5 Å². The molecule has 1 aliphatic heterocycles. The number of rotatable bonds is 3. The van der Waals surface area contributed by atoms with Crippen LogP contribution in [-0.4, -0.2) is 32.5 Å². The van der Waals surface area contributed by atoms with Gasteiger partial charge in [-0.3, -0.25) is 4.79 Å². The topological polar surface area (TPSA) is 108 Å². The lowest BCUT2D eigenvalue weighted by Gasteiger charge is -2.14. The summed E-state index contributed by atoms with van der Waals surface area (Å²) < 4.78 is 1.60. The Morgan fingerprint density at radius 1 is 1.21 bits per heavy atom. The highest BCUT2D eigenvalue weighted by Gasteiger charge is 2.28. The average molecular weight is 390 g/mol. The molecule has 1 aromatic heterocycles. The van der Waals surface area contributed by atoms with Crippen molar-refractivity contribution in [2.24, 2.45) is 0 Å². The number of fused-ring (bicyclic) bond motifs is 1. The molecule has 2 heterocycles. The van der Waals surface area contributed by atoms with Crippen molar-refractivity contribution in [2.75, 3.05) is 11.1 Å². The maximum Gasteiger partial charge on any atom is 0.335 e. The summed E-state index contributed by atoms with van der Waals surface area (Å²) in [6, 6.07) is 15.7. The fourth-order valence-electron chi connectivity index (χ4n) is 3.04. The summed E-state index contributed by atoms with van der Waals surface area (Å²) in [4.78, 5) is 23.3. The van der Waals surface area contributed by atoms with Gasteiger partial charge in [-0.1, -0.05) is 12.1 Å². The zero-order valence-electron chi connectivity index (χ0n) is 14.5. The van der Waals surface area contributed by atoms with E-state index >= 15 is 0 Å². The number of carboxylic acid groups (broad SMARTS) is 1. The van der Waals surface area contributed by atoms with E-state index in [1.807, 2.05) is 12.1 Å². The Morgan fingerprint density at radius 3 is 2.57 bits per heavy atom. The summed E-state index contributed by atoms with van der Waals surface area (Å²) in [5.74, 6) is -0.285. The number of thioether (sulfide) groups is 1. The molecule has 0 aliphatic carbocycles. The Morgan fingerprint density at radius 2 is 1.93 bits per heavy atom. The van der Waals surface area contributed by atoms with Gasteiger partial charge in [0, 0.05) is 5.56 Å². The summed E-state index contributed by atoms with van der Waals surface area (Å²) >= 11 is 1.49. The van der Waals surface area contributed by atoms with E-state index in [1.165, 1.54) is 23.9 Å². The standard InChI is InChI=1S/C20H14N4O3S/c21-9-12-1-3-13(4-2-12)18-16-10-22-24(19(16)23-17(25)11-28-18)15-7-5-14(6-8-15)20(26)27/h1-8,10,18H,11H2,(H,23,25)(H,26,27). The van der Waals surface area contributed by atoms with Gasteiger partial charge in [0.1, 0.15) is 5.82 Å². The van der Waals surface area contributed by atoms with Gasteiger partial charge in [-0.05, 0) is 42.0 Å². The van der Waals surface area contributed by atoms with Gasteiger partial charge in [0.15, 0.2) is 0 Å². The Balaban J connectivity index is 1.77. The number of aromatic nitrogens is 2. The highest BCUT2D eigenvalue weighted by molar-refractivity contribution is 8.00. The maximum atomic E-state index is 12.3. The Bertz CT molecular complexity index is 1100. The first kappa shape index (κ1) is 17.8. The molecular weight excluding hydrogens is 376 g/mol. The molecule has 0 bridgehead atoms. The molecule has 8 heteroatoms. The second-order valence-corrected chi connectivity index (χ2v) is 7.28. The number of hydrogen-bond acceptors (Lipinski definition) is 5. The highest BCUT2D eigenvalue weighted by atomic mass is 32.2. The zero-order valence-corrected chi connectivity index (χ0v) is 15.3. The number of amides is 1. The summed E-state index contributed by atoms with van der Waals surface area (Å²) in [5.41, 5.74) is 3.23. The van der Waals surface area contributed by atoms with E-state index in [2.05, 4.69) is 16.5 Å². The van der Waals surface area contributed by atoms with Crippen LogP contribution >= 0.6 is 11.8 Å². The fraction of sp³-hybridized carbons (Fsp3) is 0.100. The van der Waals surface area contributed by atoms with Crippen LogP contribution < -0.4 is 5.32 Å². The van der Waals surface area contributed by atoms with Crippen molar-refractivity contribution >= 4 is 29.5 Å². The highest BCUT2D eigenvalue weighted by Crippen LogP contribution is 2.42. The number of benzene rings is 2. The van der Waals surface area contributed by atoms with Crippen LogP contribution in [0, 0.1) is 11.3 Å². The van der Waals surface area contributed by atoms with Crippen molar-refractivity contribution in [2.45, 2.75) is 5.25 Å². The van der Waals surface area contributed by atoms with Crippen molar-refractivity contribution in [3.05, 3.63) is 77.0 Å². The quantitative estimate of drug-likeness (QED) is 0.711. The van der Waals surface area contributed by atoms with E-state index in [0.717, 1.165) is 11.1 Å². The van der Waals surface area contributed by atoms with E-state index in [4.69, 9.17) is 10.4 Å². The average Bonchev–Trinajstić information content (AvgIpc) is 3.04. The number of carbonyl (C=O) groups is 2. The molecule has 2 aromatic carbocycles. The number of anilines is 1. The zero-order chi connectivity index (χ0) is 19.7. The molecule has 138 valence electrons. The molecule has 1 unspecified atom stereocenters. The lowest BCUT2D eigenvalue weighted by Crippen LogP contribution is -2.15. The molecule has 3 aromatic rings. The number of aromatic carboxylic acids is 1. The number of hydrogen-bond donors (Lipinski definition) is 2. The molecule has 0 saturated carbocycles. The second-order valence-electron chi connectivity index (χ2n) is 6.19. The van der Waals surface area contributed by atoms with Crippen molar-refractivity contribution in [1.82, 2.24) is 9.78 Å². The summed E-state index contributed by atoms with van der Waals surface area (Å²) in [6.45, 7) is 0. The lowest BCUT2D eigenvalue weighted by molar-refractivity contribution is -0.113. The van der Waals surface area contributed by atoms with Crippen LogP contribution in [0.25, 0.3) is 5.69 Å². The Hall–Kier alpha value is -3.57. The number of nitrogens with zero attached hydrogens (tertiary/aromatic N) is 3. The molecule has 4 rings (SSSR count). The monoisotopic (exact) mass is 390 g/mol. The molecule has 1 aliphatic rings. The molecule has 28 heavy (non-hydrogen) atoms. The minimum atomic E-state index is -1.00. The van der Waals surface area contributed by atoms with Crippen molar-refractivity contribution in [3.8, 4) is 11.8 Å². The normalized spacial score (nSPS) is 15.8. The molecule has 2 N–H and O–H groups in total.